The van der Waals surface area contributed by atoms with Crippen molar-refractivity contribution in [3.8, 4) is 5.75 Å². The van der Waals surface area contributed by atoms with Crippen LogP contribution in [0.25, 0.3) is 0 Å². The van der Waals surface area contributed by atoms with Crippen LogP contribution in [0, 0.1) is 0 Å². The number of ether oxygens (including phenoxy) is 2. The molecule has 0 fully saturated rings. The van der Waals surface area contributed by atoms with E-state index in [9.17, 15) is 4.57 Å². The quantitative estimate of drug-likeness (QED) is 0.586. The molecule has 1 aromatic carbocycles. The van der Waals surface area contributed by atoms with E-state index >= 15 is 0 Å². The zero-order valence-corrected chi connectivity index (χ0v) is 9.89. The first-order valence-corrected chi connectivity index (χ1v) is 6.56. The Morgan fingerprint density at radius 1 is 1.31 bits per heavy atom. The van der Waals surface area contributed by atoms with Gasteiger partial charge in [0.2, 0.25) is 0 Å². The smallest absolute Gasteiger partial charge is 0.329 e. The minimum Gasteiger partial charge on any atom is -0.491 e. The molecule has 0 aromatic heterocycles. The van der Waals surface area contributed by atoms with Crippen LogP contribution in [0.15, 0.2) is 24.3 Å². The van der Waals surface area contributed by atoms with Gasteiger partial charge in [-0.15, -0.1) is 0 Å². The van der Waals surface area contributed by atoms with Gasteiger partial charge in [-0.2, -0.15) is 0 Å². The van der Waals surface area contributed by atoms with Crippen molar-refractivity contribution in [3.63, 3.8) is 0 Å². The monoisotopic (exact) mass is 246 g/mol. The molecular weight excluding hydrogens is 231 g/mol. The van der Waals surface area contributed by atoms with Crippen molar-refractivity contribution >= 4 is 7.60 Å². The van der Waals surface area contributed by atoms with Crippen molar-refractivity contribution in [2.24, 2.45) is 0 Å². The summed E-state index contributed by atoms with van der Waals surface area (Å²) < 4.78 is 21.0. The van der Waals surface area contributed by atoms with Gasteiger partial charge in [0, 0.05) is 7.11 Å². The molecule has 16 heavy (non-hydrogen) atoms. The van der Waals surface area contributed by atoms with Gasteiger partial charge in [-0.3, -0.25) is 4.57 Å². The number of methoxy groups -OCH3 is 1. The van der Waals surface area contributed by atoms with E-state index in [-0.39, 0.29) is 6.16 Å². The third kappa shape index (κ3) is 5.28. The molecule has 0 saturated heterocycles. The molecule has 0 heterocycles. The summed E-state index contributed by atoms with van der Waals surface area (Å²) in [7, 11) is -2.44. The summed E-state index contributed by atoms with van der Waals surface area (Å²) in [5, 5.41) is 0. The predicted octanol–water partition coefficient (Wildman–Crippen LogP) is 1.39. The van der Waals surface area contributed by atoms with Gasteiger partial charge in [0.1, 0.15) is 12.4 Å². The minimum atomic E-state index is -4.02. The van der Waals surface area contributed by atoms with E-state index in [2.05, 4.69) is 0 Å². The molecule has 0 spiro atoms. The lowest BCUT2D eigenvalue weighted by molar-refractivity contribution is 0.146. The number of benzene rings is 1. The Morgan fingerprint density at radius 3 is 2.69 bits per heavy atom. The average Bonchev–Trinajstić information content (AvgIpc) is 2.16. The van der Waals surface area contributed by atoms with E-state index < -0.39 is 7.60 Å². The molecule has 2 N–H and O–H groups in total. The molecule has 0 aliphatic heterocycles. The van der Waals surface area contributed by atoms with Crippen molar-refractivity contribution in [2.75, 3.05) is 20.3 Å². The van der Waals surface area contributed by atoms with Gasteiger partial charge < -0.3 is 19.3 Å². The molecule has 0 unspecified atom stereocenters. The normalized spacial score (nSPS) is 11.4. The minimum absolute atomic E-state index is 0.269. The van der Waals surface area contributed by atoms with E-state index in [1.165, 1.54) is 0 Å². The molecular formula is C10H15O5P. The summed E-state index contributed by atoms with van der Waals surface area (Å²) in [6, 6.07) is 6.71. The van der Waals surface area contributed by atoms with Gasteiger partial charge >= 0.3 is 7.60 Å². The lowest BCUT2D eigenvalue weighted by Gasteiger charge is -2.08. The standard InChI is InChI=1S/C10H15O5P/c1-14-5-6-15-10-4-2-3-9(7-10)8-16(11,12)13/h2-4,7H,5-6,8H2,1H3,(H2,11,12,13). The molecule has 0 bridgehead atoms. The zero-order chi connectivity index (χ0) is 12.0. The van der Waals surface area contributed by atoms with Crippen LogP contribution < -0.4 is 4.74 Å². The lowest BCUT2D eigenvalue weighted by Crippen LogP contribution is -2.04. The third-order valence-electron chi connectivity index (χ3n) is 1.84. The highest BCUT2D eigenvalue weighted by atomic mass is 31.2. The topological polar surface area (TPSA) is 76.0 Å². The van der Waals surface area contributed by atoms with Crippen LogP contribution in [0.3, 0.4) is 0 Å². The maximum Gasteiger partial charge on any atom is 0.329 e. The molecule has 1 rings (SSSR count). The van der Waals surface area contributed by atoms with Gasteiger partial charge in [0.25, 0.3) is 0 Å². The predicted molar refractivity (Wildman–Crippen MR) is 59.6 cm³/mol. The highest BCUT2D eigenvalue weighted by Crippen LogP contribution is 2.39. The first-order valence-electron chi connectivity index (χ1n) is 4.76. The first kappa shape index (κ1) is 13.2. The van der Waals surface area contributed by atoms with Crippen LogP contribution in [0.1, 0.15) is 5.56 Å². The van der Waals surface area contributed by atoms with Crippen molar-refractivity contribution in [2.45, 2.75) is 6.16 Å². The Kier molecular flexibility index (Phi) is 4.96. The van der Waals surface area contributed by atoms with Crippen LogP contribution in [-0.4, -0.2) is 30.1 Å². The van der Waals surface area contributed by atoms with Gasteiger partial charge in [-0.1, -0.05) is 12.1 Å². The Bertz CT molecular complexity index is 373. The summed E-state index contributed by atoms with van der Waals surface area (Å²) in [6.07, 6.45) is -0.269. The number of rotatable bonds is 6. The van der Waals surface area contributed by atoms with Crippen LogP contribution in [0.2, 0.25) is 0 Å². The van der Waals surface area contributed by atoms with Crippen molar-refractivity contribution in [3.05, 3.63) is 29.8 Å². The fraction of sp³-hybridized carbons (Fsp3) is 0.400. The van der Waals surface area contributed by atoms with Gasteiger partial charge in [-0.25, -0.2) is 0 Å². The molecule has 0 amide bonds. The SMILES string of the molecule is COCCOc1cccc(CP(=O)(O)O)c1. The Morgan fingerprint density at radius 2 is 2.06 bits per heavy atom. The molecule has 0 radical (unpaired) electrons. The molecule has 0 saturated carbocycles. The molecule has 1 aromatic rings. The number of hydrogen-bond acceptors (Lipinski definition) is 3. The van der Waals surface area contributed by atoms with Crippen molar-refractivity contribution < 1.29 is 23.8 Å². The van der Waals surface area contributed by atoms with E-state index in [0.717, 1.165) is 0 Å². The average molecular weight is 246 g/mol. The third-order valence-corrected chi connectivity index (χ3v) is 2.62. The molecule has 5 nitrogen and oxygen atoms in total. The molecule has 6 heteroatoms. The summed E-state index contributed by atoms with van der Waals surface area (Å²) in [5.74, 6) is 0.586. The summed E-state index contributed by atoms with van der Waals surface area (Å²) in [4.78, 5) is 17.7. The Balaban J connectivity index is 2.60. The van der Waals surface area contributed by atoms with E-state index in [0.29, 0.717) is 24.5 Å². The van der Waals surface area contributed by atoms with Crippen molar-refractivity contribution in [1.82, 2.24) is 0 Å². The van der Waals surface area contributed by atoms with Crippen molar-refractivity contribution in [1.29, 1.82) is 0 Å². The van der Waals surface area contributed by atoms with Gasteiger partial charge in [-0.05, 0) is 17.7 Å². The summed E-state index contributed by atoms with van der Waals surface area (Å²) in [5.41, 5.74) is 0.559. The van der Waals surface area contributed by atoms with Gasteiger partial charge in [0.05, 0.1) is 12.8 Å². The second-order valence-electron chi connectivity index (χ2n) is 3.31. The largest absolute Gasteiger partial charge is 0.491 e. The molecule has 90 valence electrons. The van der Waals surface area contributed by atoms with Crippen LogP contribution >= 0.6 is 7.60 Å². The summed E-state index contributed by atoms with van der Waals surface area (Å²) in [6.45, 7) is 0.887. The lowest BCUT2D eigenvalue weighted by atomic mass is 10.2. The van der Waals surface area contributed by atoms with Gasteiger partial charge in [0.15, 0.2) is 0 Å². The highest BCUT2D eigenvalue weighted by Gasteiger charge is 2.13. The summed E-state index contributed by atoms with van der Waals surface area (Å²) >= 11 is 0. The molecule has 0 aliphatic rings. The van der Waals surface area contributed by atoms with E-state index in [1.54, 1.807) is 31.4 Å². The Labute approximate surface area is 94.2 Å². The fourth-order valence-corrected chi connectivity index (χ4v) is 1.89. The van der Waals surface area contributed by atoms with Crippen LogP contribution in [0.4, 0.5) is 0 Å². The number of hydrogen-bond donors (Lipinski definition) is 2. The van der Waals surface area contributed by atoms with E-state index in [1.807, 2.05) is 0 Å². The van der Waals surface area contributed by atoms with E-state index in [4.69, 9.17) is 19.3 Å². The Hall–Kier alpha value is -0.870. The fourth-order valence-electron chi connectivity index (χ4n) is 1.21. The maximum absolute atomic E-state index is 10.8. The second kappa shape index (κ2) is 6.01. The van der Waals surface area contributed by atoms with Crippen LogP contribution in [0.5, 0.6) is 5.75 Å². The maximum atomic E-state index is 10.8. The molecule has 0 aliphatic carbocycles. The molecule has 0 atom stereocenters. The first-order chi connectivity index (χ1) is 7.51. The highest BCUT2D eigenvalue weighted by molar-refractivity contribution is 7.50. The zero-order valence-electron chi connectivity index (χ0n) is 9.00. The second-order valence-corrected chi connectivity index (χ2v) is 4.96. The van der Waals surface area contributed by atoms with Crippen LogP contribution in [-0.2, 0) is 15.5 Å².